The van der Waals surface area contributed by atoms with Crippen LogP contribution in [0.4, 0.5) is 22.0 Å². The van der Waals surface area contributed by atoms with Crippen LogP contribution in [-0.2, 0) is 0 Å². The van der Waals surface area contributed by atoms with Gasteiger partial charge < -0.3 is 15.5 Å². The smallest absolute Gasteiger partial charge is 0.323 e. The molecule has 6 nitrogen and oxygen atoms in total. The van der Waals surface area contributed by atoms with Crippen LogP contribution in [0, 0.1) is 13.8 Å². The van der Waals surface area contributed by atoms with Gasteiger partial charge in [0.1, 0.15) is 0 Å². The van der Waals surface area contributed by atoms with Crippen molar-refractivity contribution in [2.24, 2.45) is 0 Å². The average Bonchev–Trinajstić information content (AvgIpc) is 3.07. The summed E-state index contributed by atoms with van der Waals surface area (Å²) >= 11 is 0. The number of hydrogen-bond acceptors (Lipinski definition) is 4. The van der Waals surface area contributed by atoms with Crippen LogP contribution in [0.3, 0.4) is 0 Å². The molecule has 1 aliphatic rings. The van der Waals surface area contributed by atoms with Crippen LogP contribution in [0.25, 0.3) is 11.3 Å². The summed E-state index contributed by atoms with van der Waals surface area (Å²) in [7, 11) is 0. The Morgan fingerprint density at radius 2 is 1.58 bits per heavy atom. The van der Waals surface area contributed by atoms with Crippen LogP contribution in [0.15, 0.2) is 54.6 Å². The van der Waals surface area contributed by atoms with E-state index < -0.39 is 0 Å². The monoisotopic (exact) mass is 415 g/mol. The van der Waals surface area contributed by atoms with E-state index in [1.54, 1.807) is 0 Å². The van der Waals surface area contributed by atoms with Gasteiger partial charge in [0.2, 0.25) is 0 Å². The molecule has 2 N–H and O–H groups in total. The third-order valence-corrected chi connectivity index (χ3v) is 5.87. The minimum Gasteiger partial charge on any atom is -0.355 e. The van der Waals surface area contributed by atoms with E-state index in [0.29, 0.717) is 0 Å². The molecule has 0 radical (unpaired) electrons. The van der Waals surface area contributed by atoms with Crippen molar-refractivity contribution in [3.8, 4) is 11.3 Å². The first kappa shape index (κ1) is 20.8. The number of nitrogens with zero attached hydrogens (tertiary/aromatic N) is 3. The molecule has 2 aromatic carbocycles. The molecule has 2 amide bonds. The zero-order valence-corrected chi connectivity index (χ0v) is 18.2. The average molecular weight is 416 g/mol. The molecule has 3 aromatic rings. The van der Waals surface area contributed by atoms with Crippen LogP contribution in [-0.4, -0.2) is 29.3 Å². The van der Waals surface area contributed by atoms with Crippen LogP contribution in [0.1, 0.15) is 36.8 Å². The Bertz CT molecular complexity index is 1020. The van der Waals surface area contributed by atoms with Gasteiger partial charge in [-0.25, -0.2) is 4.79 Å². The maximum atomic E-state index is 12.4. The first-order chi connectivity index (χ1) is 15.1. The van der Waals surface area contributed by atoms with Gasteiger partial charge in [-0.3, -0.25) is 0 Å². The first-order valence-corrected chi connectivity index (χ1v) is 10.9. The van der Waals surface area contributed by atoms with E-state index in [2.05, 4.69) is 31.8 Å². The molecule has 0 bridgehead atoms. The molecular formula is C25H29N5O. The number of hydrogen-bond donors (Lipinski definition) is 2. The third-order valence-electron chi connectivity index (χ3n) is 5.87. The molecule has 0 saturated carbocycles. The number of amides is 2. The Morgan fingerprint density at radius 1 is 0.839 bits per heavy atom. The quantitative estimate of drug-likeness (QED) is 0.566. The number of carbonyl (C=O) groups excluding carboxylic acids is 1. The van der Waals surface area contributed by atoms with Gasteiger partial charge in [-0.1, -0.05) is 37.1 Å². The molecule has 6 heteroatoms. The number of aryl methyl sites for hydroxylation is 1. The highest BCUT2D eigenvalue weighted by molar-refractivity contribution is 6.00. The highest BCUT2D eigenvalue weighted by Gasteiger charge is 2.12. The fraction of sp³-hybridized carbons (Fsp3) is 0.320. The number of nitrogens with one attached hydrogen (secondary N) is 2. The lowest BCUT2D eigenvalue weighted by atomic mass is 10.1. The van der Waals surface area contributed by atoms with Crippen molar-refractivity contribution >= 4 is 23.2 Å². The van der Waals surface area contributed by atoms with Gasteiger partial charge in [0, 0.05) is 30.0 Å². The van der Waals surface area contributed by atoms with E-state index in [1.165, 1.54) is 25.7 Å². The first-order valence-electron chi connectivity index (χ1n) is 10.9. The second kappa shape index (κ2) is 9.60. The van der Waals surface area contributed by atoms with Crippen molar-refractivity contribution in [2.75, 3.05) is 28.6 Å². The predicted molar refractivity (Wildman–Crippen MR) is 127 cm³/mol. The molecule has 0 spiro atoms. The number of aromatic nitrogens is 2. The highest BCUT2D eigenvalue weighted by Crippen LogP contribution is 2.23. The summed E-state index contributed by atoms with van der Waals surface area (Å²) in [5.41, 5.74) is 5.54. The zero-order valence-electron chi connectivity index (χ0n) is 18.2. The van der Waals surface area contributed by atoms with Gasteiger partial charge in [0.25, 0.3) is 0 Å². The van der Waals surface area contributed by atoms with Crippen molar-refractivity contribution in [1.82, 2.24) is 10.2 Å². The standard InChI is InChI=1S/C25H29N5O/c1-18-8-7-9-22(19(18)2)27-25(31)26-21-12-10-20(11-13-21)23-14-15-24(29-28-23)30-16-5-3-4-6-17-30/h7-15H,3-6,16-17H2,1-2H3,(H2,26,27,31). The van der Waals surface area contributed by atoms with Crippen molar-refractivity contribution in [3.63, 3.8) is 0 Å². The molecule has 4 rings (SSSR count). The Morgan fingerprint density at radius 3 is 2.26 bits per heavy atom. The second-order valence-electron chi connectivity index (χ2n) is 8.08. The van der Waals surface area contributed by atoms with Gasteiger partial charge in [-0.15, -0.1) is 10.2 Å². The predicted octanol–water partition coefficient (Wildman–Crippen LogP) is 5.78. The Kier molecular flexibility index (Phi) is 6.46. The van der Waals surface area contributed by atoms with Crippen molar-refractivity contribution in [2.45, 2.75) is 39.5 Å². The van der Waals surface area contributed by atoms with E-state index in [9.17, 15) is 4.79 Å². The Hall–Kier alpha value is -3.41. The SMILES string of the molecule is Cc1cccc(NC(=O)Nc2ccc(-c3ccc(N4CCCCCC4)nn3)cc2)c1C. The fourth-order valence-corrected chi connectivity index (χ4v) is 3.84. The minimum absolute atomic E-state index is 0.261. The summed E-state index contributed by atoms with van der Waals surface area (Å²) in [5, 5.41) is 14.7. The number of urea groups is 1. The van der Waals surface area contributed by atoms with Gasteiger partial charge in [0.15, 0.2) is 5.82 Å². The summed E-state index contributed by atoms with van der Waals surface area (Å²) in [6.07, 6.45) is 5.03. The summed E-state index contributed by atoms with van der Waals surface area (Å²) in [5.74, 6) is 0.951. The van der Waals surface area contributed by atoms with Crippen molar-refractivity contribution in [3.05, 3.63) is 65.7 Å². The summed E-state index contributed by atoms with van der Waals surface area (Å²) < 4.78 is 0. The Labute approximate surface area is 183 Å². The lowest BCUT2D eigenvalue weighted by molar-refractivity contribution is 0.262. The molecule has 0 unspecified atom stereocenters. The number of carbonyl (C=O) groups is 1. The summed E-state index contributed by atoms with van der Waals surface area (Å²) in [4.78, 5) is 14.7. The summed E-state index contributed by atoms with van der Waals surface area (Å²) in [6.45, 7) is 6.14. The minimum atomic E-state index is -0.261. The fourth-order valence-electron chi connectivity index (χ4n) is 3.84. The number of anilines is 3. The van der Waals surface area contributed by atoms with E-state index >= 15 is 0 Å². The maximum absolute atomic E-state index is 12.4. The van der Waals surface area contributed by atoms with Crippen LogP contribution in [0.2, 0.25) is 0 Å². The lowest BCUT2D eigenvalue weighted by Crippen LogP contribution is -2.25. The molecule has 2 heterocycles. The normalized spacial score (nSPS) is 14.1. The maximum Gasteiger partial charge on any atom is 0.323 e. The molecule has 1 aliphatic heterocycles. The molecular weight excluding hydrogens is 386 g/mol. The highest BCUT2D eigenvalue weighted by atomic mass is 16.2. The largest absolute Gasteiger partial charge is 0.355 e. The van der Waals surface area contributed by atoms with Crippen molar-refractivity contribution in [1.29, 1.82) is 0 Å². The van der Waals surface area contributed by atoms with E-state index in [1.807, 2.05) is 62.4 Å². The van der Waals surface area contributed by atoms with E-state index in [4.69, 9.17) is 0 Å². The van der Waals surface area contributed by atoms with E-state index in [-0.39, 0.29) is 6.03 Å². The topological polar surface area (TPSA) is 70.2 Å². The molecule has 0 aliphatic carbocycles. The second-order valence-corrected chi connectivity index (χ2v) is 8.08. The van der Waals surface area contributed by atoms with Crippen LogP contribution in [0.5, 0.6) is 0 Å². The van der Waals surface area contributed by atoms with E-state index in [0.717, 1.165) is 52.7 Å². The van der Waals surface area contributed by atoms with Gasteiger partial charge in [-0.2, -0.15) is 0 Å². The third kappa shape index (κ3) is 5.20. The van der Waals surface area contributed by atoms with Crippen molar-refractivity contribution < 1.29 is 4.79 Å². The molecule has 1 saturated heterocycles. The van der Waals surface area contributed by atoms with Crippen LogP contribution < -0.4 is 15.5 Å². The lowest BCUT2D eigenvalue weighted by Gasteiger charge is -2.20. The molecule has 0 atom stereocenters. The molecule has 31 heavy (non-hydrogen) atoms. The van der Waals surface area contributed by atoms with Gasteiger partial charge in [-0.05, 0) is 68.1 Å². The van der Waals surface area contributed by atoms with Gasteiger partial charge >= 0.3 is 6.03 Å². The summed E-state index contributed by atoms with van der Waals surface area (Å²) in [6, 6.07) is 17.3. The molecule has 1 fully saturated rings. The molecule has 1 aromatic heterocycles. The number of benzene rings is 2. The Balaban J connectivity index is 1.38. The van der Waals surface area contributed by atoms with Crippen LogP contribution >= 0.6 is 0 Å². The number of rotatable bonds is 4. The zero-order chi connectivity index (χ0) is 21.6. The molecule has 160 valence electrons. The van der Waals surface area contributed by atoms with Gasteiger partial charge in [0.05, 0.1) is 5.69 Å².